The van der Waals surface area contributed by atoms with Crippen LogP contribution in [-0.4, -0.2) is 27.0 Å². The summed E-state index contributed by atoms with van der Waals surface area (Å²) in [6, 6.07) is 7.46. The Morgan fingerprint density at radius 1 is 1.24 bits per heavy atom. The molecule has 0 radical (unpaired) electrons. The maximum absolute atomic E-state index is 12.9. The zero-order valence-electron chi connectivity index (χ0n) is 13.8. The first-order valence-corrected chi connectivity index (χ1v) is 8.51. The fourth-order valence-corrected chi connectivity index (χ4v) is 3.37. The van der Waals surface area contributed by atoms with Crippen LogP contribution in [0.15, 0.2) is 49.1 Å². The zero-order valence-corrected chi connectivity index (χ0v) is 14.6. The number of nitrogens with zero attached hydrogens (tertiary/aromatic N) is 4. The highest BCUT2D eigenvalue weighted by Crippen LogP contribution is 2.26. The van der Waals surface area contributed by atoms with Gasteiger partial charge in [0.25, 0.3) is 5.91 Å². The third-order valence-corrected chi connectivity index (χ3v) is 4.75. The number of anilines is 1. The molecule has 1 aliphatic rings. The van der Waals surface area contributed by atoms with Crippen molar-refractivity contribution >= 4 is 23.2 Å². The predicted molar refractivity (Wildman–Crippen MR) is 97.1 cm³/mol. The van der Waals surface area contributed by atoms with Crippen LogP contribution in [0.25, 0.3) is 0 Å². The first-order valence-electron chi connectivity index (χ1n) is 8.14. The minimum atomic E-state index is -0.00400. The molecule has 1 aliphatic heterocycles. The summed E-state index contributed by atoms with van der Waals surface area (Å²) >= 11 is 6.04. The lowest BCUT2D eigenvalue weighted by Gasteiger charge is -2.28. The molecule has 0 N–H and O–H groups in total. The number of aromatic nitrogens is 3. The maximum atomic E-state index is 12.9. The predicted octanol–water partition coefficient (Wildman–Crippen LogP) is 3.49. The number of hydrogen-bond acceptors (Lipinski definition) is 3. The van der Waals surface area contributed by atoms with Gasteiger partial charge in [-0.3, -0.25) is 9.78 Å². The van der Waals surface area contributed by atoms with Crippen LogP contribution in [0.2, 0.25) is 5.02 Å². The van der Waals surface area contributed by atoms with Gasteiger partial charge in [0, 0.05) is 35.7 Å². The number of rotatable bonds is 3. The summed E-state index contributed by atoms with van der Waals surface area (Å²) in [6.45, 7) is 3.27. The highest BCUT2D eigenvalue weighted by Gasteiger charge is 2.25. The third-order valence-electron chi connectivity index (χ3n) is 4.52. The van der Waals surface area contributed by atoms with Gasteiger partial charge in [-0.15, -0.1) is 0 Å². The largest absolute Gasteiger partial charge is 0.331 e. The van der Waals surface area contributed by atoms with Crippen LogP contribution in [0.5, 0.6) is 0 Å². The van der Waals surface area contributed by atoms with E-state index in [4.69, 9.17) is 11.6 Å². The minimum absolute atomic E-state index is 0.00400. The van der Waals surface area contributed by atoms with E-state index in [1.807, 2.05) is 31.5 Å². The Kier molecular flexibility index (Phi) is 4.01. The molecule has 0 saturated carbocycles. The van der Waals surface area contributed by atoms with Crippen molar-refractivity contribution in [2.24, 2.45) is 0 Å². The Hall–Kier alpha value is -2.66. The number of pyridine rings is 1. The van der Waals surface area contributed by atoms with Crippen LogP contribution in [0, 0.1) is 6.92 Å². The molecule has 5 nitrogen and oxygen atoms in total. The van der Waals surface area contributed by atoms with Gasteiger partial charge in [-0.05, 0) is 48.7 Å². The number of hydrogen-bond donors (Lipinski definition) is 0. The van der Waals surface area contributed by atoms with Crippen molar-refractivity contribution in [1.82, 2.24) is 14.5 Å². The molecule has 3 aromatic rings. The molecule has 0 aliphatic carbocycles. The van der Waals surface area contributed by atoms with E-state index in [2.05, 4.69) is 14.5 Å². The van der Waals surface area contributed by atoms with Crippen molar-refractivity contribution < 1.29 is 4.79 Å². The van der Waals surface area contributed by atoms with Crippen LogP contribution >= 0.6 is 11.6 Å². The molecule has 0 atom stereocenters. The SMILES string of the molecule is Cc1nccn1Cc1cncc(N2CCc3cc(Cl)ccc3C2=O)c1. The molecular formula is C19H17ClN4O. The zero-order chi connectivity index (χ0) is 17.4. The van der Waals surface area contributed by atoms with Gasteiger partial charge >= 0.3 is 0 Å². The molecule has 0 unspecified atom stereocenters. The van der Waals surface area contributed by atoms with Crippen LogP contribution in [0.4, 0.5) is 5.69 Å². The van der Waals surface area contributed by atoms with E-state index in [1.54, 1.807) is 29.4 Å². The molecular weight excluding hydrogens is 336 g/mol. The van der Waals surface area contributed by atoms with Gasteiger partial charge in [0.1, 0.15) is 5.82 Å². The van der Waals surface area contributed by atoms with Crippen LogP contribution in [0.1, 0.15) is 27.3 Å². The first-order chi connectivity index (χ1) is 12.1. The van der Waals surface area contributed by atoms with Crippen molar-refractivity contribution in [3.63, 3.8) is 0 Å². The number of fused-ring (bicyclic) bond motifs is 1. The smallest absolute Gasteiger partial charge is 0.258 e. The molecule has 0 bridgehead atoms. The van der Waals surface area contributed by atoms with E-state index in [1.165, 1.54) is 0 Å². The summed E-state index contributed by atoms with van der Waals surface area (Å²) in [5.41, 5.74) is 3.58. The van der Waals surface area contributed by atoms with Crippen molar-refractivity contribution in [1.29, 1.82) is 0 Å². The molecule has 0 fully saturated rings. The molecule has 4 rings (SSSR count). The minimum Gasteiger partial charge on any atom is -0.331 e. The molecule has 25 heavy (non-hydrogen) atoms. The summed E-state index contributed by atoms with van der Waals surface area (Å²) in [5, 5.41) is 0.666. The molecule has 2 aromatic heterocycles. The van der Waals surface area contributed by atoms with E-state index in [9.17, 15) is 4.79 Å². The molecule has 1 aromatic carbocycles. The average molecular weight is 353 g/mol. The van der Waals surface area contributed by atoms with Gasteiger partial charge in [0.05, 0.1) is 18.4 Å². The lowest BCUT2D eigenvalue weighted by molar-refractivity contribution is 0.0980. The summed E-state index contributed by atoms with van der Waals surface area (Å²) in [4.78, 5) is 23.2. The van der Waals surface area contributed by atoms with Gasteiger partial charge in [0.2, 0.25) is 0 Å². The number of amides is 1. The summed E-state index contributed by atoms with van der Waals surface area (Å²) in [7, 11) is 0. The Morgan fingerprint density at radius 3 is 2.92 bits per heavy atom. The van der Waals surface area contributed by atoms with Gasteiger partial charge in [0.15, 0.2) is 0 Å². The number of aryl methyl sites for hydroxylation is 1. The van der Waals surface area contributed by atoms with Gasteiger partial charge in [-0.1, -0.05) is 11.6 Å². The van der Waals surface area contributed by atoms with Crippen LogP contribution in [-0.2, 0) is 13.0 Å². The normalized spacial score (nSPS) is 13.8. The Labute approximate surface area is 150 Å². The molecule has 3 heterocycles. The Balaban J connectivity index is 1.62. The average Bonchev–Trinajstić information content (AvgIpc) is 3.00. The van der Waals surface area contributed by atoms with Gasteiger partial charge in [-0.2, -0.15) is 0 Å². The molecule has 6 heteroatoms. The van der Waals surface area contributed by atoms with E-state index >= 15 is 0 Å². The van der Waals surface area contributed by atoms with Crippen molar-refractivity contribution in [3.05, 3.63) is 76.6 Å². The fourth-order valence-electron chi connectivity index (χ4n) is 3.18. The van der Waals surface area contributed by atoms with Gasteiger partial charge in [-0.25, -0.2) is 4.98 Å². The van der Waals surface area contributed by atoms with Crippen molar-refractivity contribution in [2.45, 2.75) is 19.9 Å². The molecule has 1 amide bonds. The summed E-state index contributed by atoms with van der Waals surface area (Å²) in [6.07, 6.45) is 8.07. The molecule has 0 spiro atoms. The van der Waals surface area contributed by atoms with E-state index < -0.39 is 0 Å². The number of carbonyl (C=O) groups excluding carboxylic acids is 1. The topological polar surface area (TPSA) is 51.0 Å². The second kappa shape index (κ2) is 6.33. The lowest BCUT2D eigenvalue weighted by Crippen LogP contribution is -2.37. The van der Waals surface area contributed by atoms with Crippen molar-refractivity contribution in [2.75, 3.05) is 11.4 Å². The second-order valence-electron chi connectivity index (χ2n) is 6.16. The number of imidazole rings is 1. The summed E-state index contributed by atoms with van der Waals surface area (Å²) in [5.74, 6) is 0.945. The monoisotopic (exact) mass is 352 g/mol. The maximum Gasteiger partial charge on any atom is 0.258 e. The first kappa shape index (κ1) is 15.8. The van der Waals surface area contributed by atoms with E-state index in [-0.39, 0.29) is 5.91 Å². The number of carbonyl (C=O) groups is 1. The molecule has 126 valence electrons. The van der Waals surface area contributed by atoms with Crippen LogP contribution in [0.3, 0.4) is 0 Å². The second-order valence-corrected chi connectivity index (χ2v) is 6.60. The molecule has 0 saturated heterocycles. The summed E-state index contributed by atoms with van der Waals surface area (Å²) < 4.78 is 2.05. The highest BCUT2D eigenvalue weighted by atomic mass is 35.5. The van der Waals surface area contributed by atoms with Gasteiger partial charge < -0.3 is 9.47 Å². The third kappa shape index (κ3) is 3.03. The highest BCUT2D eigenvalue weighted by molar-refractivity contribution is 6.30. The van der Waals surface area contributed by atoms with Crippen LogP contribution < -0.4 is 4.90 Å². The number of halogens is 1. The quantitative estimate of drug-likeness (QED) is 0.725. The lowest BCUT2D eigenvalue weighted by atomic mass is 9.98. The van der Waals surface area contributed by atoms with E-state index in [0.717, 1.165) is 29.1 Å². The Bertz CT molecular complexity index is 950. The standard InChI is InChI=1S/C19H17ClN4O/c1-13-22-5-7-23(13)12-14-8-17(11-21-10-14)24-6-4-15-9-16(20)2-3-18(15)19(24)25/h2-3,5,7-11H,4,6,12H2,1H3. The van der Waals surface area contributed by atoms with E-state index in [0.29, 0.717) is 23.7 Å². The number of benzene rings is 1. The van der Waals surface area contributed by atoms with Crippen molar-refractivity contribution in [3.8, 4) is 0 Å². The fraction of sp³-hybridized carbons (Fsp3) is 0.211. The Morgan fingerprint density at radius 2 is 2.12 bits per heavy atom.